The highest BCUT2D eigenvalue weighted by molar-refractivity contribution is 9.10. The molecule has 0 unspecified atom stereocenters. The van der Waals surface area contributed by atoms with E-state index >= 15 is 0 Å². The van der Waals surface area contributed by atoms with Crippen molar-refractivity contribution in [1.29, 1.82) is 0 Å². The SMILES string of the molecule is Cc1cc(C)c(S(=O)(=O)NCC(=O)Nc2cccc(Br)c2)c(C)c1. The highest BCUT2D eigenvalue weighted by atomic mass is 79.9. The van der Waals surface area contributed by atoms with Crippen molar-refractivity contribution in [3.05, 3.63) is 57.6 Å². The van der Waals surface area contributed by atoms with Crippen LogP contribution in [0.4, 0.5) is 5.69 Å². The number of sulfonamides is 1. The van der Waals surface area contributed by atoms with Crippen LogP contribution in [0.15, 0.2) is 45.8 Å². The third kappa shape index (κ3) is 4.66. The van der Waals surface area contributed by atoms with Crippen molar-refractivity contribution in [2.24, 2.45) is 0 Å². The number of carbonyl (C=O) groups excluding carboxylic acids is 1. The standard InChI is InChI=1S/C17H19BrN2O3S/c1-11-7-12(2)17(13(3)8-11)24(22,23)19-10-16(21)20-15-6-4-5-14(18)9-15/h4-9,19H,10H2,1-3H3,(H,20,21). The van der Waals surface area contributed by atoms with Crippen molar-refractivity contribution < 1.29 is 13.2 Å². The molecule has 2 rings (SSSR count). The Labute approximate surface area is 150 Å². The van der Waals surface area contributed by atoms with Gasteiger partial charge in [0, 0.05) is 10.2 Å². The zero-order chi connectivity index (χ0) is 17.9. The second-order valence-electron chi connectivity index (χ2n) is 5.61. The van der Waals surface area contributed by atoms with Crippen molar-refractivity contribution in [3.8, 4) is 0 Å². The molecular weight excluding hydrogens is 392 g/mol. The minimum absolute atomic E-state index is 0.225. The first-order valence-corrected chi connectivity index (χ1v) is 9.59. The molecule has 7 heteroatoms. The number of halogens is 1. The minimum Gasteiger partial charge on any atom is -0.325 e. The maximum Gasteiger partial charge on any atom is 0.241 e. The number of hydrogen-bond donors (Lipinski definition) is 2. The Morgan fingerprint density at radius 3 is 2.29 bits per heavy atom. The molecule has 0 spiro atoms. The molecule has 0 aliphatic rings. The molecule has 0 bridgehead atoms. The summed E-state index contributed by atoms with van der Waals surface area (Å²) >= 11 is 3.31. The van der Waals surface area contributed by atoms with Crippen LogP contribution in [0.25, 0.3) is 0 Å². The lowest BCUT2D eigenvalue weighted by atomic mass is 10.1. The van der Waals surface area contributed by atoms with E-state index in [0.29, 0.717) is 16.8 Å². The molecular formula is C17H19BrN2O3S. The highest BCUT2D eigenvalue weighted by Gasteiger charge is 2.20. The van der Waals surface area contributed by atoms with E-state index in [1.54, 1.807) is 32.0 Å². The van der Waals surface area contributed by atoms with Crippen LogP contribution in [-0.2, 0) is 14.8 Å². The Morgan fingerprint density at radius 1 is 1.08 bits per heavy atom. The topological polar surface area (TPSA) is 75.3 Å². The van der Waals surface area contributed by atoms with Gasteiger partial charge in [0.1, 0.15) is 0 Å². The molecule has 0 aromatic heterocycles. The molecule has 2 aromatic rings. The second-order valence-corrected chi connectivity index (χ2v) is 8.23. The summed E-state index contributed by atoms with van der Waals surface area (Å²) in [5, 5.41) is 2.65. The van der Waals surface area contributed by atoms with Gasteiger partial charge in [-0.2, -0.15) is 0 Å². The summed E-state index contributed by atoms with van der Waals surface area (Å²) in [7, 11) is -3.75. The van der Waals surface area contributed by atoms with Gasteiger partial charge in [0.2, 0.25) is 15.9 Å². The van der Waals surface area contributed by atoms with Gasteiger partial charge in [-0.25, -0.2) is 13.1 Å². The van der Waals surface area contributed by atoms with E-state index in [1.807, 2.05) is 25.1 Å². The summed E-state index contributed by atoms with van der Waals surface area (Å²) in [5.41, 5.74) is 2.91. The van der Waals surface area contributed by atoms with Gasteiger partial charge in [0.15, 0.2) is 0 Å². The lowest BCUT2D eigenvalue weighted by Crippen LogP contribution is -2.33. The lowest BCUT2D eigenvalue weighted by molar-refractivity contribution is -0.115. The fraction of sp³-hybridized carbons (Fsp3) is 0.235. The van der Waals surface area contributed by atoms with E-state index in [9.17, 15) is 13.2 Å². The lowest BCUT2D eigenvalue weighted by Gasteiger charge is -2.13. The first-order chi connectivity index (χ1) is 11.2. The van der Waals surface area contributed by atoms with Crippen LogP contribution in [0.5, 0.6) is 0 Å². The Bertz CT molecular complexity index is 856. The van der Waals surface area contributed by atoms with Crippen LogP contribution >= 0.6 is 15.9 Å². The van der Waals surface area contributed by atoms with Crippen molar-refractivity contribution in [3.63, 3.8) is 0 Å². The molecule has 0 aliphatic carbocycles. The van der Waals surface area contributed by atoms with E-state index in [0.717, 1.165) is 10.0 Å². The Morgan fingerprint density at radius 2 is 1.71 bits per heavy atom. The summed E-state index contributed by atoms with van der Waals surface area (Å²) in [6.07, 6.45) is 0. The predicted molar refractivity (Wildman–Crippen MR) is 98.6 cm³/mol. The third-order valence-electron chi connectivity index (χ3n) is 3.40. The first-order valence-electron chi connectivity index (χ1n) is 7.32. The van der Waals surface area contributed by atoms with Crippen molar-refractivity contribution in [2.45, 2.75) is 25.7 Å². The molecule has 0 heterocycles. The van der Waals surface area contributed by atoms with E-state index in [-0.39, 0.29) is 11.4 Å². The van der Waals surface area contributed by atoms with Crippen molar-refractivity contribution in [2.75, 3.05) is 11.9 Å². The smallest absolute Gasteiger partial charge is 0.241 e. The van der Waals surface area contributed by atoms with Gasteiger partial charge in [-0.05, 0) is 50.1 Å². The Hall–Kier alpha value is -1.70. The fourth-order valence-corrected chi connectivity index (χ4v) is 4.43. The van der Waals surface area contributed by atoms with Crippen LogP contribution in [-0.4, -0.2) is 20.9 Å². The fourth-order valence-electron chi connectivity index (χ4n) is 2.59. The number of aryl methyl sites for hydroxylation is 3. The molecule has 0 saturated heterocycles. The highest BCUT2D eigenvalue weighted by Crippen LogP contribution is 2.21. The van der Waals surface area contributed by atoms with Crippen molar-refractivity contribution in [1.82, 2.24) is 4.72 Å². The van der Waals surface area contributed by atoms with Crippen LogP contribution in [0.2, 0.25) is 0 Å². The number of carbonyl (C=O) groups is 1. The van der Waals surface area contributed by atoms with Crippen LogP contribution in [0, 0.1) is 20.8 Å². The largest absolute Gasteiger partial charge is 0.325 e. The van der Waals surface area contributed by atoms with Gasteiger partial charge in [0.05, 0.1) is 11.4 Å². The average Bonchev–Trinajstić information content (AvgIpc) is 2.44. The zero-order valence-corrected chi connectivity index (χ0v) is 16.1. The minimum atomic E-state index is -3.75. The monoisotopic (exact) mass is 410 g/mol. The summed E-state index contributed by atoms with van der Waals surface area (Å²) in [6.45, 7) is 5.07. The van der Waals surface area contributed by atoms with Gasteiger partial charge in [-0.1, -0.05) is 39.7 Å². The van der Waals surface area contributed by atoms with Gasteiger partial charge in [-0.3, -0.25) is 4.79 Å². The third-order valence-corrected chi connectivity index (χ3v) is 5.60. The normalized spacial score (nSPS) is 11.3. The molecule has 5 nitrogen and oxygen atoms in total. The summed E-state index contributed by atoms with van der Waals surface area (Å²) in [6, 6.07) is 10.7. The van der Waals surface area contributed by atoms with E-state index in [4.69, 9.17) is 0 Å². The van der Waals surface area contributed by atoms with Gasteiger partial charge < -0.3 is 5.32 Å². The molecule has 128 valence electrons. The van der Waals surface area contributed by atoms with Crippen LogP contribution in [0.3, 0.4) is 0 Å². The van der Waals surface area contributed by atoms with E-state index in [2.05, 4.69) is 26.0 Å². The van der Waals surface area contributed by atoms with Crippen LogP contribution < -0.4 is 10.0 Å². The number of hydrogen-bond acceptors (Lipinski definition) is 3. The molecule has 1 amide bonds. The van der Waals surface area contributed by atoms with Gasteiger partial charge in [-0.15, -0.1) is 0 Å². The van der Waals surface area contributed by atoms with Crippen LogP contribution in [0.1, 0.15) is 16.7 Å². The van der Waals surface area contributed by atoms with Crippen molar-refractivity contribution >= 4 is 37.5 Å². The molecule has 0 radical (unpaired) electrons. The second kappa shape index (κ2) is 7.46. The van der Waals surface area contributed by atoms with Gasteiger partial charge >= 0.3 is 0 Å². The molecule has 0 saturated carbocycles. The Balaban J connectivity index is 2.09. The molecule has 0 fully saturated rings. The predicted octanol–water partition coefficient (Wildman–Crippen LogP) is 3.29. The summed E-state index contributed by atoms with van der Waals surface area (Å²) in [5.74, 6) is -0.431. The molecule has 24 heavy (non-hydrogen) atoms. The van der Waals surface area contributed by atoms with E-state index in [1.165, 1.54) is 0 Å². The number of anilines is 1. The summed E-state index contributed by atoms with van der Waals surface area (Å²) in [4.78, 5) is 12.2. The van der Waals surface area contributed by atoms with E-state index < -0.39 is 15.9 Å². The Kier molecular flexibility index (Phi) is 5.79. The zero-order valence-electron chi connectivity index (χ0n) is 13.7. The molecule has 0 atom stereocenters. The summed E-state index contributed by atoms with van der Waals surface area (Å²) < 4.78 is 28.2. The van der Waals surface area contributed by atoms with Gasteiger partial charge in [0.25, 0.3) is 0 Å². The quantitative estimate of drug-likeness (QED) is 0.793. The number of rotatable bonds is 5. The average molecular weight is 411 g/mol. The number of amides is 1. The molecule has 2 aromatic carbocycles. The number of nitrogens with one attached hydrogen (secondary N) is 2. The molecule has 2 N–H and O–H groups in total. The number of benzene rings is 2. The first kappa shape index (κ1) is 18.6. The maximum absolute atomic E-state index is 12.5. The molecule has 0 aliphatic heterocycles. The maximum atomic E-state index is 12.5.